The zero-order valence-electron chi connectivity index (χ0n) is 15.8. The van der Waals surface area contributed by atoms with Crippen molar-refractivity contribution in [2.75, 3.05) is 10.5 Å². The van der Waals surface area contributed by atoms with E-state index in [0.29, 0.717) is 12.1 Å². The van der Waals surface area contributed by atoms with E-state index in [1.165, 1.54) is 0 Å². The van der Waals surface area contributed by atoms with Crippen molar-refractivity contribution in [2.45, 2.75) is 46.1 Å². The number of carbonyl (C=O) groups is 1. The molecule has 0 aromatic heterocycles. The zero-order chi connectivity index (χ0) is 19.4. The Morgan fingerprint density at radius 3 is 2.62 bits per heavy atom. The first-order valence-corrected chi connectivity index (χ1v) is 10.4. The van der Waals surface area contributed by atoms with Gasteiger partial charge in [-0.2, -0.15) is 0 Å². The Balaban J connectivity index is 2.22. The number of anilines is 1. The lowest BCUT2D eigenvalue weighted by Crippen LogP contribution is -2.25. The van der Waals surface area contributed by atoms with Crippen LogP contribution in [0.15, 0.2) is 42.5 Å². The number of esters is 1. The van der Waals surface area contributed by atoms with E-state index in [1.54, 1.807) is 19.1 Å². The standard InChI is InChI=1S/C20H27NO4S/c1-5-26(23,24)21-18-12-7-6-11-17(18)16-10-8-9-15(13-16)14-19(22)25-20(2,3)4/h6-8,10-13,15,21H,5,9,14H2,1-4H3. The van der Waals surface area contributed by atoms with Crippen molar-refractivity contribution in [3.8, 4) is 0 Å². The Kier molecular flexibility index (Phi) is 6.29. The predicted molar refractivity (Wildman–Crippen MR) is 105 cm³/mol. The van der Waals surface area contributed by atoms with Crippen LogP contribution in [0.25, 0.3) is 5.57 Å². The van der Waals surface area contributed by atoms with Gasteiger partial charge >= 0.3 is 5.97 Å². The number of ether oxygens (including phenoxy) is 1. The molecule has 0 heterocycles. The number of para-hydroxylation sites is 1. The van der Waals surface area contributed by atoms with E-state index in [4.69, 9.17) is 4.74 Å². The van der Waals surface area contributed by atoms with E-state index >= 15 is 0 Å². The summed E-state index contributed by atoms with van der Waals surface area (Å²) in [6.45, 7) is 7.15. The van der Waals surface area contributed by atoms with Crippen LogP contribution in [-0.2, 0) is 19.6 Å². The maximum Gasteiger partial charge on any atom is 0.306 e. The summed E-state index contributed by atoms with van der Waals surface area (Å²) in [6.07, 6.45) is 7.04. The molecule has 5 nitrogen and oxygen atoms in total. The van der Waals surface area contributed by atoms with Crippen molar-refractivity contribution in [3.05, 3.63) is 48.1 Å². The second-order valence-electron chi connectivity index (χ2n) is 7.36. The highest BCUT2D eigenvalue weighted by Gasteiger charge is 2.21. The molecule has 6 heteroatoms. The fourth-order valence-corrected chi connectivity index (χ4v) is 3.39. The largest absolute Gasteiger partial charge is 0.460 e. The van der Waals surface area contributed by atoms with Gasteiger partial charge in [-0.3, -0.25) is 9.52 Å². The maximum atomic E-state index is 12.1. The molecule has 1 N–H and O–H groups in total. The lowest BCUT2D eigenvalue weighted by Gasteiger charge is -2.22. The molecular formula is C20H27NO4S. The third-order valence-corrected chi connectivity index (χ3v) is 5.17. The van der Waals surface area contributed by atoms with Gasteiger partial charge in [-0.05, 0) is 51.7 Å². The molecule has 0 amide bonds. The number of carbonyl (C=O) groups excluding carboxylic acids is 1. The normalized spacial score (nSPS) is 17.5. The summed E-state index contributed by atoms with van der Waals surface area (Å²) >= 11 is 0. The van der Waals surface area contributed by atoms with Crippen molar-refractivity contribution < 1.29 is 17.9 Å². The molecule has 1 aliphatic rings. The van der Waals surface area contributed by atoms with Gasteiger partial charge in [0.2, 0.25) is 10.0 Å². The molecular weight excluding hydrogens is 350 g/mol. The molecule has 26 heavy (non-hydrogen) atoms. The molecule has 1 aromatic rings. The Labute approximate surface area is 156 Å². The van der Waals surface area contributed by atoms with Crippen LogP contribution in [-0.4, -0.2) is 25.7 Å². The third-order valence-electron chi connectivity index (χ3n) is 3.88. The highest BCUT2D eigenvalue weighted by Crippen LogP contribution is 2.31. The fraction of sp³-hybridized carbons (Fsp3) is 0.450. The zero-order valence-corrected chi connectivity index (χ0v) is 16.6. The molecule has 1 atom stereocenters. The number of rotatable bonds is 6. The first-order chi connectivity index (χ1) is 12.1. The van der Waals surface area contributed by atoms with Gasteiger partial charge in [0.15, 0.2) is 0 Å². The van der Waals surface area contributed by atoms with Crippen LogP contribution in [0.1, 0.15) is 46.1 Å². The summed E-state index contributed by atoms with van der Waals surface area (Å²) < 4.78 is 31.9. The summed E-state index contributed by atoms with van der Waals surface area (Å²) in [7, 11) is -3.36. The number of hydrogen-bond donors (Lipinski definition) is 1. The van der Waals surface area contributed by atoms with E-state index in [0.717, 1.165) is 17.6 Å². The molecule has 1 aromatic carbocycles. The maximum absolute atomic E-state index is 12.1. The van der Waals surface area contributed by atoms with Gasteiger partial charge in [0.05, 0.1) is 17.9 Å². The van der Waals surface area contributed by atoms with Gasteiger partial charge in [0.25, 0.3) is 0 Å². The average Bonchev–Trinajstić information content (AvgIpc) is 2.53. The Morgan fingerprint density at radius 1 is 1.27 bits per heavy atom. The highest BCUT2D eigenvalue weighted by molar-refractivity contribution is 7.92. The van der Waals surface area contributed by atoms with E-state index in [2.05, 4.69) is 4.72 Å². The Morgan fingerprint density at radius 2 is 1.96 bits per heavy atom. The molecule has 2 rings (SSSR count). The van der Waals surface area contributed by atoms with E-state index in [1.807, 2.05) is 51.1 Å². The second-order valence-corrected chi connectivity index (χ2v) is 9.37. The molecule has 142 valence electrons. The molecule has 0 spiro atoms. The quantitative estimate of drug-likeness (QED) is 0.756. The molecule has 1 unspecified atom stereocenters. The van der Waals surface area contributed by atoms with Crippen molar-refractivity contribution in [1.29, 1.82) is 0 Å². The molecule has 0 aliphatic heterocycles. The smallest absolute Gasteiger partial charge is 0.306 e. The van der Waals surface area contributed by atoms with Crippen molar-refractivity contribution >= 4 is 27.3 Å². The van der Waals surface area contributed by atoms with Crippen LogP contribution >= 0.6 is 0 Å². The van der Waals surface area contributed by atoms with Gasteiger partial charge in [-0.15, -0.1) is 0 Å². The van der Waals surface area contributed by atoms with Crippen molar-refractivity contribution in [1.82, 2.24) is 0 Å². The lowest BCUT2D eigenvalue weighted by atomic mass is 9.90. The molecule has 0 radical (unpaired) electrons. The molecule has 0 saturated heterocycles. The number of nitrogens with one attached hydrogen (secondary N) is 1. The van der Waals surface area contributed by atoms with Gasteiger partial charge in [-0.25, -0.2) is 8.42 Å². The van der Waals surface area contributed by atoms with Gasteiger partial charge < -0.3 is 4.74 Å². The summed E-state index contributed by atoms with van der Waals surface area (Å²) in [5.41, 5.74) is 1.75. The predicted octanol–water partition coefficient (Wildman–Crippen LogP) is 4.14. The number of sulfonamides is 1. The minimum Gasteiger partial charge on any atom is -0.460 e. The molecule has 1 aliphatic carbocycles. The Bertz CT molecular complexity index is 816. The van der Waals surface area contributed by atoms with E-state index in [-0.39, 0.29) is 17.6 Å². The minimum absolute atomic E-state index is 0.0114. The van der Waals surface area contributed by atoms with Crippen molar-refractivity contribution in [2.24, 2.45) is 5.92 Å². The monoisotopic (exact) mass is 377 g/mol. The van der Waals surface area contributed by atoms with Gasteiger partial charge in [0.1, 0.15) is 5.60 Å². The second kappa shape index (κ2) is 8.08. The topological polar surface area (TPSA) is 72.5 Å². The molecule has 0 fully saturated rings. The van der Waals surface area contributed by atoms with Crippen LogP contribution in [0.3, 0.4) is 0 Å². The van der Waals surface area contributed by atoms with Crippen LogP contribution in [0.2, 0.25) is 0 Å². The fourth-order valence-electron chi connectivity index (χ4n) is 2.73. The highest BCUT2D eigenvalue weighted by atomic mass is 32.2. The van der Waals surface area contributed by atoms with Crippen LogP contribution in [0, 0.1) is 5.92 Å². The Hall–Kier alpha value is -2.08. The number of allylic oxidation sites excluding steroid dienone is 4. The van der Waals surface area contributed by atoms with E-state index in [9.17, 15) is 13.2 Å². The van der Waals surface area contributed by atoms with Crippen LogP contribution in [0.5, 0.6) is 0 Å². The van der Waals surface area contributed by atoms with Gasteiger partial charge in [-0.1, -0.05) is 36.4 Å². The average molecular weight is 378 g/mol. The summed E-state index contributed by atoms with van der Waals surface area (Å²) in [5.74, 6) is -0.189. The number of hydrogen-bond acceptors (Lipinski definition) is 4. The SMILES string of the molecule is CCS(=O)(=O)Nc1ccccc1C1=CC(CC(=O)OC(C)(C)C)CC=C1. The van der Waals surface area contributed by atoms with Gasteiger partial charge in [0, 0.05) is 5.56 Å². The van der Waals surface area contributed by atoms with Crippen molar-refractivity contribution in [3.63, 3.8) is 0 Å². The van der Waals surface area contributed by atoms with E-state index < -0.39 is 15.6 Å². The first-order valence-electron chi connectivity index (χ1n) is 8.80. The first kappa shape index (κ1) is 20.2. The molecule has 0 saturated carbocycles. The minimum atomic E-state index is -3.36. The summed E-state index contributed by atoms with van der Waals surface area (Å²) in [4.78, 5) is 12.1. The van der Waals surface area contributed by atoms with Crippen LogP contribution in [0.4, 0.5) is 5.69 Å². The van der Waals surface area contributed by atoms with Crippen LogP contribution < -0.4 is 4.72 Å². The molecule has 0 bridgehead atoms. The summed E-state index contributed by atoms with van der Waals surface area (Å²) in [6, 6.07) is 7.28. The third kappa shape index (κ3) is 6.02. The summed E-state index contributed by atoms with van der Waals surface area (Å²) in [5, 5.41) is 0. The lowest BCUT2D eigenvalue weighted by molar-refractivity contribution is -0.155. The number of benzene rings is 1.